The third-order valence-corrected chi connectivity index (χ3v) is 7.46. The zero-order chi connectivity index (χ0) is 27.1. The lowest BCUT2D eigenvalue weighted by molar-refractivity contribution is 0.0742. The molecule has 0 radical (unpaired) electrons. The molecule has 1 aliphatic rings. The maximum Gasteiger partial charge on any atom is 0.270 e. The molecule has 1 fully saturated rings. The topological polar surface area (TPSA) is 101 Å². The first-order valence-corrected chi connectivity index (χ1v) is 12.9. The van der Waals surface area contributed by atoms with Gasteiger partial charge in [-0.05, 0) is 47.9 Å². The first-order valence-electron chi connectivity index (χ1n) is 12.9. The molecule has 200 valence electrons. The number of aromatic amines is 2. The van der Waals surface area contributed by atoms with Crippen LogP contribution in [0.25, 0.3) is 33.1 Å². The minimum Gasteiger partial charge on any atom is -0.496 e. The number of rotatable bonds is 5. The average molecular weight is 527 g/mol. The van der Waals surface area contributed by atoms with E-state index in [-0.39, 0.29) is 14.6 Å². The highest BCUT2D eigenvalue weighted by Crippen LogP contribution is 2.38. The number of ether oxygens (including phenoxy) is 1. The van der Waals surface area contributed by atoms with E-state index in [4.69, 9.17) is 4.74 Å². The van der Waals surface area contributed by atoms with E-state index >= 15 is 4.39 Å². The summed E-state index contributed by atoms with van der Waals surface area (Å²) in [5.74, 6) is 0.155. The van der Waals surface area contributed by atoms with Gasteiger partial charge in [-0.2, -0.15) is 5.26 Å². The van der Waals surface area contributed by atoms with Crippen molar-refractivity contribution < 1.29 is 16.8 Å². The maximum atomic E-state index is 15.4. The van der Waals surface area contributed by atoms with E-state index < -0.39 is 0 Å². The van der Waals surface area contributed by atoms with Crippen LogP contribution in [0.15, 0.2) is 54.7 Å². The van der Waals surface area contributed by atoms with Crippen LogP contribution in [0.4, 0.5) is 10.1 Å². The van der Waals surface area contributed by atoms with E-state index in [9.17, 15) is 10.1 Å². The zero-order valence-corrected chi connectivity index (χ0v) is 21.7. The van der Waals surface area contributed by atoms with Crippen molar-refractivity contribution in [3.8, 4) is 22.9 Å². The van der Waals surface area contributed by atoms with Gasteiger partial charge in [0, 0.05) is 51.6 Å². The van der Waals surface area contributed by atoms with E-state index in [1.165, 1.54) is 0 Å². The number of H-pyrrole nitrogens is 2. The first-order chi connectivity index (χ1) is 19.0. The summed E-state index contributed by atoms with van der Waals surface area (Å²) in [6, 6.07) is 17.3. The number of nitrogens with zero attached hydrogens (tertiary/aromatic N) is 4. The van der Waals surface area contributed by atoms with Crippen molar-refractivity contribution in [1.29, 1.82) is 5.26 Å². The van der Waals surface area contributed by atoms with Gasteiger partial charge in [0.15, 0.2) is 5.69 Å². The Hall–Kier alpha value is -4.84. The second-order valence-corrected chi connectivity index (χ2v) is 9.59. The Morgan fingerprint density at radius 3 is 2.69 bits per heavy atom. The number of amides is 1. The summed E-state index contributed by atoms with van der Waals surface area (Å²) in [5.41, 5.74) is 4.68. The van der Waals surface area contributed by atoms with Crippen LogP contribution >= 0.6 is 0 Å². The highest BCUT2D eigenvalue weighted by molar-refractivity contribution is 6.04. The molecule has 0 aliphatic carbocycles. The number of aryl methyl sites for hydroxylation is 1. The van der Waals surface area contributed by atoms with Gasteiger partial charge in [-0.1, -0.05) is 25.1 Å². The quantitative estimate of drug-likeness (QED) is 0.304. The number of carbonyl (C=O) groups excluding carboxylic acids is 1. The molecule has 4 heterocycles. The monoisotopic (exact) mass is 526 g/mol. The number of pyridine rings is 1. The molecule has 5 aromatic rings. The molecule has 2 aromatic carbocycles. The third kappa shape index (κ3) is 4.14. The largest absolute Gasteiger partial charge is 0.496 e. The highest BCUT2D eigenvalue weighted by atomic mass is 19.1. The number of aromatic nitrogens is 3. The van der Waals surface area contributed by atoms with E-state index in [1.54, 1.807) is 24.3 Å². The molecule has 1 amide bonds. The van der Waals surface area contributed by atoms with E-state index in [1.807, 2.05) is 49.4 Å². The van der Waals surface area contributed by atoms with Crippen molar-refractivity contribution in [2.75, 3.05) is 38.2 Å². The summed E-state index contributed by atoms with van der Waals surface area (Å²) in [6.45, 7) is 3.95. The number of para-hydroxylation sites is 1. The normalized spacial score (nSPS) is 13.7. The summed E-state index contributed by atoms with van der Waals surface area (Å²) in [7, 11) is 1.61. The molecule has 8 nitrogen and oxygen atoms in total. The summed E-state index contributed by atoms with van der Waals surface area (Å²) in [4.78, 5) is 28.0. The van der Waals surface area contributed by atoms with Gasteiger partial charge in [-0.25, -0.2) is 9.37 Å². The van der Waals surface area contributed by atoms with Crippen LogP contribution in [0.1, 0.15) is 31.5 Å². The Labute approximate surface area is 227 Å². The molecule has 1 aliphatic heterocycles. The van der Waals surface area contributed by atoms with E-state index in [0.717, 1.165) is 22.2 Å². The van der Waals surface area contributed by atoms with E-state index in [0.29, 0.717) is 71.9 Å². The average Bonchev–Trinajstić information content (AvgIpc) is 3.64. The lowest BCUT2D eigenvalue weighted by Crippen LogP contribution is -2.49. The minimum absolute atomic E-state index is 0. The van der Waals surface area contributed by atoms with Gasteiger partial charge in [-0.3, -0.25) is 4.79 Å². The molecule has 0 spiro atoms. The summed E-state index contributed by atoms with van der Waals surface area (Å²) in [6.07, 6.45) is 2.31. The van der Waals surface area contributed by atoms with Crippen LogP contribution in [-0.2, 0) is 6.42 Å². The fraction of sp³-hybridized carbons (Fsp3) is 0.233. The number of benzene rings is 2. The molecule has 0 unspecified atom stereocenters. The zero-order valence-electron chi connectivity index (χ0n) is 21.7. The van der Waals surface area contributed by atoms with Crippen LogP contribution in [0, 0.1) is 17.1 Å². The van der Waals surface area contributed by atoms with Crippen molar-refractivity contribution >= 4 is 33.5 Å². The predicted octanol–water partition coefficient (Wildman–Crippen LogP) is 5.75. The number of anilines is 1. The number of halogens is 1. The summed E-state index contributed by atoms with van der Waals surface area (Å²) >= 11 is 0. The van der Waals surface area contributed by atoms with Crippen molar-refractivity contribution in [2.45, 2.75) is 13.3 Å². The van der Waals surface area contributed by atoms with Crippen molar-refractivity contribution in [1.82, 2.24) is 19.9 Å². The summed E-state index contributed by atoms with van der Waals surface area (Å²) in [5, 5.41) is 11.2. The predicted molar refractivity (Wildman–Crippen MR) is 153 cm³/mol. The molecule has 1 saturated heterocycles. The molecular weight excluding hydrogens is 495 g/mol. The fourth-order valence-corrected chi connectivity index (χ4v) is 5.39. The van der Waals surface area contributed by atoms with Crippen LogP contribution in [0.5, 0.6) is 5.75 Å². The lowest BCUT2D eigenvalue weighted by atomic mass is 9.96. The number of methoxy groups -OCH3 is 1. The molecular formula is C30H31FN6O2. The highest BCUT2D eigenvalue weighted by Gasteiger charge is 2.27. The molecule has 9 heteroatoms. The number of nitriles is 1. The lowest BCUT2D eigenvalue weighted by Gasteiger charge is -2.36. The number of carbonyl (C=O) groups is 1. The van der Waals surface area contributed by atoms with Crippen LogP contribution in [0.3, 0.4) is 0 Å². The number of nitrogens with one attached hydrogen (secondary N) is 2. The number of fused-ring (bicyclic) bond motifs is 2. The molecule has 0 bridgehead atoms. The summed E-state index contributed by atoms with van der Waals surface area (Å²) < 4.78 is 21.0. The van der Waals surface area contributed by atoms with Gasteiger partial charge >= 0.3 is 0 Å². The number of piperazine rings is 1. The maximum absolute atomic E-state index is 15.4. The molecule has 3 aromatic heterocycles. The van der Waals surface area contributed by atoms with Crippen LogP contribution in [0.2, 0.25) is 0 Å². The van der Waals surface area contributed by atoms with Crippen molar-refractivity contribution in [3.63, 3.8) is 0 Å². The minimum atomic E-state index is -0.341. The van der Waals surface area contributed by atoms with Gasteiger partial charge in [0.25, 0.3) is 5.91 Å². The fourth-order valence-electron chi connectivity index (χ4n) is 5.39. The van der Waals surface area contributed by atoms with Gasteiger partial charge in [0.05, 0.1) is 18.3 Å². The first kappa shape index (κ1) is 24.5. The molecule has 39 heavy (non-hydrogen) atoms. The smallest absolute Gasteiger partial charge is 0.270 e. The Morgan fingerprint density at radius 2 is 1.95 bits per heavy atom. The van der Waals surface area contributed by atoms with Crippen molar-refractivity contribution in [2.24, 2.45) is 0 Å². The molecule has 6 rings (SSSR count). The standard InChI is InChI=1S/C30H27FN6O2.2H2/c1-3-18-14-21(20-6-4-5-7-26(20)39-2)22-16-23(34-28(22)27(18)31)30(38)37-12-10-36(11-13-37)25-15-19-8-9-33-29(19)35-24(25)17-32;;/h4-9,14-16,34H,3,10-13H2,1-2H3,(H,33,35);2*1H. The number of hydrogen-bond donors (Lipinski definition) is 2. The Balaban J connectivity index is 0.00000194. The Morgan fingerprint density at radius 1 is 1.15 bits per heavy atom. The van der Waals surface area contributed by atoms with Gasteiger partial charge < -0.3 is 24.5 Å². The number of hydrogen-bond acceptors (Lipinski definition) is 5. The second kappa shape index (κ2) is 9.80. The SMILES string of the molecule is CCc1cc(-c2ccccc2OC)c2cc(C(=O)N3CCN(c4cc5cc[nH]c5nc4C#N)CC3)[nH]c2c1F.[HH].[HH]. The molecule has 2 N–H and O–H groups in total. The third-order valence-electron chi connectivity index (χ3n) is 7.46. The van der Waals surface area contributed by atoms with Crippen LogP contribution in [-0.4, -0.2) is 59.0 Å². The van der Waals surface area contributed by atoms with Gasteiger partial charge in [0.1, 0.15) is 29.0 Å². The Bertz CT molecular complexity index is 1770. The van der Waals surface area contributed by atoms with Crippen molar-refractivity contribution in [3.05, 3.63) is 77.5 Å². The second-order valence-electron chi connectivity index (χ2n) is 9.59. The van der Waals surface area contributed by atoms with E-state index in [2.05, 4.69) is 25.9 Å². The molecule has 0 saturated carbocycles. The Kier molecular flexibility index (Phi) is 6.15. The van der Waals surface area contributed by atoms with Gasteiger partial charge in [-0.15, -0.1) is 0 Å². The van der Waals surface area contributed by atoms with Crippen LogP contribution < -0.4 is 9.64 Å². The molecule has 0 atom stereocenters. The van der Waals surface area contributed by atoms with Gasteiger partial charge in [0.2, 0.25) is 0 Å².